The largest absolute Gasteiger partial charge is 0.310 e. The minimum absolute atomic E-state index is 0.0623. The first-order chi connectivity index (χ1) is 6.66. The molecule has 0 spiro atoms. The van der Waals surface area contributed by atoms with E-state index < -0.39 is 0 Å². The molecule has 2 atom stereocenters. The van der Waals surface area contributed by atoms with E-state index in [4.69, 9.17) is 11.6 Å². The quantitative estimate of drug-likeness (QED) is 0.814. The summed E-state index contributed by atoms with van der Waals surface area (Å²) in [7, 11) is 0. The molecular formula is C10H11ClN2O. The lowest BCUT2D eigenvalue weighted by Crippen LogP contribution is -2.15. The van der Waals surface area contributed by atoms with E-state index in [2.05, 4.69) is 17.2 Å². The molecule has 1 amide bonds. The number of carbonyl (C=O) groups is 1. The Balaban J connectivity index is 1.97. The second-order valence-corrected chi connectivity index (χ2v) is 4.11. The Morgan fingerprint density at radius 2 is 2.36 bits per heavy atom. The highest BCUT2D eigenvalue weighted by Crippen LogP contribution is 2.38. The van der Waals surface area contributed by atoms with Crippen LogP contribution < -0.4 is 5.32 Å². The molecule has 1 aromatic heterocycles. The van der Waals surface area contributed by atoms with Gasteiger partial charge in [0.2, 0.25) is 5.91 Å². The smallest absolute Gasteiger partial charge is 0.228 e. The third-order valence-electron chi connectivity index (χ3n) is 2.42. The molecule has 0 aromatic carbocycles. The lowest BCUT2D eigenvalue weighted by molar-refractivity contribution is -0.117. The van der Waals surface area contributed by atoms with E-state index in [0.29, 0.717) is 16.8 Å². The van der Waals surface area contributed by atoms with E-state index >= 15 is 0 Å². The Hall–Kier alpha value is -1.09. The number of hydrogen-bond donors (Lipinski definition) is 1. The van der Waals surface area contributed by atoms with Crippen molar-refractivity contribution in [2.75, 3.05) is 5.32 Å². The van der Waals surface area contributed by atoms with Crippen LogP contribution in [0.1, 0.15) is 13.3 Å². The summed E-state index contributed by atoms with van der Waals surface area (Å²) in [5.74, 6) is 1.32. The lowest BCUT2D eigenvalue weighted by atomic mass is 10.3. The maximum atomic E-state index is 11.5. The molecule has 1 aliphatic carbocycles. The van der Waals surface area contributed by atoms with Crippen LogP contribution in [0.15, 0.2) is 18.3 Å². The van der Waals surface area contributed by atoms with Crippen LogP contribution >= 0.6 is 11.6 Å². The number of nitrogens with zero attached hydrogens (tertiary/aromatic N) is 1. The number of rotatable bonds is 2. The molecule has 14 heavy (non-hydrogen) atoms. The van der Waals surface area contributed by atoms with Crippen molar-refractivity contribution in [2.24, 2.45) is 11.8 Å². The highest BCUT2D eigenvalue weighted by atomic mass is 35.5. The minimum Gasteiger partial charge on any atom is -0.310 e. The SMILES string of the molecule is C[C@H]1C[C@H]1C(=O)Nc1ccc(Cl)cn1. The second-order valence-electron chi connectivity index (χ2n) is 3.67. The summed E-state index contributed by atoms with van der Waals surface area (Å²) in [6.45, 7) is 2.07. The van der Waals surface area contributed by atoms with Crippen molar-refractivity contribution in [2.45, 2.75) is 13.3 Å². The molecule has 0 unspecified atom stereocenters. The molecule has 0 aliphatic heterocycles. The predicted octanol–water partition coefficient (Wildman–Crippen LogP) is 2.33. The number of amides is 1. The molecule has 2 rings (SSSR count). The number of pyridine rings is 1. The molecular weight excluding hydrogens is 200 g/mol. The van der Waals surface area contributed by atoms with Gasteiger partial charge in [0.25, 0.3) is 0 Å². The first-order valence-electron chi connectivity index (χ1n) is 4.59. The van der Waals surface area contributed by atoms with E-state index in [0.717, 1.165) is 6.42 Å². The monoisotopic (exact) mass is 210 g/mol. The predicted molar refractivity (Wildman–Crippen MR) is 55.1 cm³/mol. The third kappa shape index (κ3) is 2.04. The average molecular weight is 211 g/mol. The zero-order valence-electron chi connectivity index (χ0n) is 7.83. The number of aromatic nitrogens is 1. The minimum atomic E-state index is 0.0623. The van der Waals surface area contributed by atoms with Crippen LogP contribution in [0.25, 0.3) is 0 Å². The van der Waals surface area contributed by atoms with E-state index in [1.54, 1.807) is 12.1 Å². The normalized spacial score (nSPS) is 24.4. The van der Waals surface area contributed by atoms with Gasteiger partial charge in [-0.1, -0.05) is 18.5 Å². The van der Waals surface area contributed by atoms with Crippen molar-refractivity contribution in [1.29, 1.82) is 0 Å². The van der Waals surface area contributed by atoms with Crippen molar-refractivity contribution in [3.63, 3.8) is 0 Å². The fourth-order valence-corrected chi connectivity index (χ4v) is 1.47. The van der Waals surface area contributed by atoms with Crippen LogP contribution in [-0.2, 0) is 4.79 Å². The standard InChI is InChI=1S/C10H11ClN2O/c1-6-4-8(6)10(14)13-9-3-2-7(11)5-12-9/h2-3,5-6,8H,4H2,1H3,(H,12,13,14)/t6-,8+/m0/s1. The molecule has 74 valence electrons. The maximum Gasteiger partial charge on any atom is 0.228 e. The van der Waals surface area contributed by atoms with Crippen LogP contribution in [0.4, 0.5) is 5.82 Å². The van der Waals surface area contributed by atoms with Gasteiger partial charge in [-0.2, -0.15) is 0 Å². The first kappa shape index (κ1) is 9.46. The van der Waals surface area contributed by atoms with Gasteiger partial charge in [-0.15, -0.1) is 0 Å². The third-order valence-corrected chi connectivity index (χ3v) is 2.65. The molecule has 1 saturated carbocycles. The molecule has 0 bridgehead atoms. The number of halogens is 1. The van der Waals surface area contributed by atoms with Gasteiger partial charge < -0.3 is 5.32 Å². The van der Waals surface area contributed by atoms with E-state index in [1.165, 1.54) is 6.20 Å². The average Bonchev–Trinajstić information content (AvgIpc) is 2.87. The molecule has 1 N–H and O–H groups in total. The summed E-state index contributed by atoms with van der Waals surface area (Å²) >= 11 is 5.67. The summed E-state index contributed by atoms with van der Waals surface area (Å²) in [6.07, 6.45) is 2.51. The number of nitrogens with one attached hydrogen (secondary N) is 1. The van der Waals surface area contributed by atoms with E-state index in [-0.39, 0.29) is 11.8 Å². The van der Waals surface area contributed by atoms with Gasteiger partial charge >= 0.3 is 0 Å². The Morgan fingerprint density at radius 3 is 2.86 bits per heavy atom. The van der Waals surface area contributed by atoms with Crippen LogP contribution in [0.3, 0.4) is 0 Å². The maximum absolute atomic E-state index is 11.5. The highest BCUT2D eigenvalue weighted by Gasteiger charge is 2.39. The molecule has 1 aliphatic rings. The van der Waals surface area contributed by atoms with Crippen molar-refractivity contribution in [1.82, 2.24) is 4.98 Å². The van der Waals surface area contributed by atoms with Gasteiger partial charge in [-0.25, -0.2) is 4.98 Å². The first-order valence-corrected chi connectivity index (χ1v) is 4.97. The number of hydrogen-bond acceptors (Lipinski definition) is 2. The number of anilines is 1. The Labute approximate surface area is 87.5 Å². The Bertz CT molecular complexity index is 350. The fraction of sp³-hybridized carbons (Fsp3) is 0.400. The summed E-state index contributed by atoms with van der Waals surface area (Å²) in [6, 6.07) is 3.41. The zero-order chi connectivity index (χ0) is 10.1. The molecule has 4 heteroatoms. The van der Waals surface area contributed by atoms with Gasteiger partial charge in [-0.3, -0.25) is 4.79 Å². The zero-order valence-corrected chi connectivity index (χ0v) is 8.58. The summed E-state index contributed by atoms with van der Waals surface area (Å²) in [5.41, 5.74) is 0. The Kier molecular flexibility index (Phi) is 2.42. The lowest BCUT2D eigenvalue weighted by Gasteiger charge is -2.02. The topological polar surface area (TPSA) is 42.0 Å². The Morgan fingerprint density at radius 1 is 1.64 bits per heavy atom. The van der Waals surface area contributed by atoms with Crippen LogP contribution in [0, 0.1) is 11.8 Å². The molecule has 1 heterocycles. The van der Waals surface area contributed by atoms with Gasteiger partial charge in [0.05, 0.1) is 5.02 Å². The van der Waals surface area contributed by atoms with Gasteiger partial charge in [0.15, 0.2) is 0 Å². The highest BCUT2D eigenvalue weighted by molar-refractivity contribution is 6.30. The molecule has 1 fully saturated rings. The second kappa shape index (κ2) is 3.58. The summed E-state index contributed by atoms with van der Waals surface area (Å²) in [4.78, 5) is 15.5. The van der Waals surface area contributed by atoms with Crippen LogP contribution in [0.2, 0.25) is 5.02 Å². The van der Waals surface area contributed by atoms with E-state index in [9.17, 15) is 4.79 Å². The fourth-order valence-electron chi connectivity index (χ4n) is 1.36. The molecule has 0 radical (unpaired) electrons. The molecule has 1 aromatic rings. The van der Waals surface area contributed by atoms with E-state index in [1.807, 2.05) is 0 Å². The summed E-state index contributed by atoms with van der Waals surface area (Å²) in [5, 5.41) is 3.32. The van der Waals surface area contributed by atoms with Gasteiger partial charge in [0.1, 0.15) is 5.82 Å². The number of carbonyl (C=O) groups excluding carboxylic acids is 1. The van der Waals surface area contributed by atoms with Crippen molar-refractivity contribution >= 4 is 23.3 Å². The van der Waals surface area contributed by atoms with Gasteiger partial charge in [-0.05, 0) is 24.5 Å². The molecule has 0 saturated heterocycles. The molecule has 3 nitrogen and oxygen atoms in total. The van der Waals surface area contributed by atoms with Crippen molar-refractivity contribution in [3.8, 4) is 0 Å². The van der Waals surface area contributed by atoms with Crippen LogP contribution in [-0.4, -0.2) is 10.9 Å². The summed E-state index contributed by atoms with van der Waals surface area (Å²) < 4.78 is 0. The van der Waals surface area contributed by atoms with Crippen LogP contribution in [0.5, 0.6) is 0 Å². The van der Waals surface area contributed by atoms with Gasteiger partial charge in [0, 0.05) is 12.1 Å². The van der Waals surface area contributed by atoms with Crippen molar-refractivity contribution in [3.05, 3.63) is 23.4 Å². The van der Waals surface area contributed by atoms with Crippen molar-refractivity contribution < 1.29 is 4.79 Å².